The highest BCUT2D eigenvalue weighted by atomic mass is 32.1. The van der Waals surface area contributed by atoms with Crippen molar-refractivity contribution in [2.75, 3.05) is 0 Å². The smallest absolute Gasteiger partial charge is 0.273 e. The molecule has 1 aromatic carbocycles. The zero-order valence-electron chi connectivity index (χ0n) is 14.2. The lowest BCUT2D eigenvalue weighted by molar-refractivity contribution is 0.0942. The van der Waals surface area contributed by atoms with Gasteiger partial charge in [-0.05, 0) is 34.5 Å². The van der Waals surface area contributed by atoms with Gasteiger partial charge in [0, 0.05) is 21.4 Å². The fourth-order valence-corrected chi connectivity index (χ4v) is 4.26. The molecule has 0 aliphatic carbocycles. The van der Waals surface area contributed by atoms with Gasteiger partial charge in [0.05, 0.1) is 6.54 Å². The number of aliphatic hydroxyl groups excluding tert-OH is 1. The number of aliphatic hydroxyl groups is 1. The number of thiophene rings is 2. The Morgan fingerprint density at radius 3 is 2.81 bits per heavy atom. The maximum absolute atomic E-state index is 12.3. The fourth-order valence-electron chi connectivity index (χ4n) is 2.61. The van der Waals surface area contributed by atoms with Crippen LogP contribution in [0.4, 0.5) is 0 Å². The van der Waals surface area contributed by atoms with Gasteiger partial charge in [-0.2, -0.15) is 11.3 Å². The zero-order valence-corrected chi connectivity index (χ0v) is 15.8. The molecule has 1 amide bonds. The van der Waals surface area contributed by atoms with Gasteiger partial charge in [-0.25, -0.2) is 0 Å². The first-order valence-corrected chi connectivity index (χ1v) is 10.1. The average molecular weight is 396 g/mol. The van der Waals surface area contributed by atoms with Crippen LogP contribution in [0.15, 0.2) is 69.9 Å². The summed E-state index contributed by atoms with van der Waals surface area (Å²) < 4.78 is 5.26. The Bertz CT molecular complexity index is 1020. The topological polar surface area (TPSA) is 75.4 Å². The van der Waals surface area contributed by atoms with Crippen LogP contribution in [-0.2, 0) is 6.54 Å². The van der Waals surface area contributed by atoms with Crippen LogP contribution >= 0.6 is 22.7 Å². The summed E-state index contributed by atoms with van der Waals surface area (Å²) in [5.41, 5.74) is 1.99. The average Bonchev–Trinajstić information content (AvgIpc) is 3.48. The van der Waals surface area contributed by atoms with Gasteiger partial charge in [0.15, 0.2) is 11.5 Å². The molecule has 136 valence electrons. The Morgan fingerprint density at radius 1 is 1.19 bits per heavy atom. The lowest BCUT2D eigenvalue weighted by Gasteiger charge is -2.05. The van der Waals surface area contributed by atoms with Crippen LogP contribution in [0.25, 0.3) is 11.3 Å². The summed E-state index contributed by atoms with van der Waals surface area (Å²) in [5, 5.41) is 20.9. The SMILES string of the molecule is O=C(NCc1ccc(C(O)c2ccsc2)s1)c1cc(-c2ccccc2)on1. The minimum Gasteiger partial charge on any atom is -0.383 e. The van der Waals surface area contributed by atoms with E-state index >= 15 is 0 Å². The first-order valence-electron chi connectivity index (χ1n) is 8.30. The Labute approximate surface area is 163 Å². The molecule has 3 aromatic heterocycles. The summed E-state index contributed by atoms with van der Waals surface area (Å²) in [7, 11) is 0. The number of hydrogen-bond acceptors (Lipinski definition) is 6. The van der Waals surface area contributed by atoms with Gasteiger partial charge < -0.3 is 14.9 Å². The highest BCUT2D eigenvalue weighted by molar-refractivity contribution is 7.12. The molecule has 0 saturated heterocycles. The largest absolute Gasteiger partial charge is 0.383 e. The molecule has 4 aromatic rings. The first kappa shape index (κ1) is 17.7. The number of nitrogens with zero attached hydrogens (tertiary/aromatic N) is 1. The van der Waals surface area contributed by atoms with Crippen molar-refractivity contribution in [3.8, 4) is 11.3 Å². The maximum atomic E-state index is 12.3. The van der Waals surface area contributed by atoms with Crippen LogP contribution in [0.2, 0.25) is 0 Å². The normalized spacial score (nSPS) is 12.0. The van der Waals surface area contributed by atoms with Crippen molar-refractivity contribution in [3.05, 3.63) is 86.4 Å². The van der Waals surface area contributed by atoms with Gasteiger partial charge in [0.1, 0.15) is 6.10 Å². The van der Waals surface area contributed by atoms with Crippen molar-refractivity contribution in [3.63, 3.8) is 0 Å². The number of carbonyl (C=O) groups is 1. The van der Waals surface area contributed by atoms with Crippen LogP contribution < -0.4 is 5.32 Å². The quantitative estimate of drug-likeness (QED) is 0.504. The fraction of sp³-hybridized carbons (Fsp3) is 0.100. The summed E-state index contributed by atoms with van der Waals surface area (Å²) in [4.78, 5) is 14.1. The van der Waals surface area contributed by atoms with E-state index in [4.69, 9.17) is 4.52 Å². The third kappa shape index (κ3) is 4.00. The third-order valence-electron chi connectivity index (χ3n) is 4.04. The molecule has 27 heavy (non-hydrogen) atoms. The van der Waals surface area contributed by atoms with Crippen molar-refractivity contribution in [2.24, 2.45) is 0 Å². The molecular weight excluding hydrogens is 380 g/mol. The second-order valence-corrected chi connectivity index (χ2v) is 7.87. The van der Waals surface area contributed by atoms with E-state index in [9.17, 15) is 9.90 Å². The van der Waals surface area contributed by atoms with E-state index in [1.54, 1.807) is 17.4 Å². The number of hydrogen-bond donors (Lipinski definition) is 2. The predicted octanol–water partition coefficient (Wildman–Crippen LogP) is 4.48. The second kappa shape index (κ2) is 7.87. The molecule has 1 atom stereocenters. The molecule has 0 saturated carbocycles. The van der Waals surface area contributed by atoms with E-state index in [1.807, 2.05) is 59.3 Å². The molecule has 3 heterocycles. The Balaban J connectivity index is 1.38. The lowest BCUT2D eigenvalue weighted by atomic mass is 10.1. The molecule has 0 radical (unpaired) electrons. The van der Waals surface area contributed by atoms with Crippen LogP contribution in [0.1, 0.15) is 31.9 Å². The van der Waals surface area contributed by atoms with Crippen LogP contribution in [0.3, 0.4) is 0 Å². The summed E-state index contributed by atoms with van der Waals surface area (Å²) in [6, 6.07) is 16.8. The molecule has 0 fully saturated rings. The van der Waals surface area contributed by atoms with Gasteiger partial charge in [-0.3, -0.25) is 4.79 Å². The lowest BCUT2D eigenvalue weighted by Crippen LogP contribution is -2.22. The molecule has 2 N–H and O–H groups in total. The number of benzene rings is 1. The Kier molecular flexibility index (Phi) is 5.15. The number of rotatable bonds is 6. The van der Waals surface area contributed by atoms with Crippen molar-refractivity contribution < 1.29 is 14.4 Å². The van der Waals surface area contributed by atoms with Gasteiger partial charge in [0.2, 0.25) is 0 Å². The summed E-state index contributed by atoms with van der Waals surface area (Å²) >= 11 is 3.03. The number of aromatic nitrogens is 1. The second-order valence-electron chi connectivity index (χ2n) is 5.89. The molecule has 0 aliphatic rings. The molecule has 0 bridgehead atoms. The molecule has 5 nitrogen and oxygen atoms in total. The van der Waals surface area contributed by atoms with E-state index in [0.29, 0.717) is 12.3 Å². The minimum absolute atomic E-state index is 0.240. The van der Waals surface area contributed by atoms with Crippen molar-refractivity contribution in [1.29, 1.82) is 0 Å². The maximum Gasteiger partial charge on any atom is 0.273 e. The predicted molar refractivity (Wildman–Crippen MR) is 106 cm³/mol. The Hall–Kier alpha value is -2.74. The van der Waals surface area contributed by atoms with Gasteiger partial charge in [-0.15, -0.1) is 11.3 Å². The van der Waals surface area contributed by atoms with Crippen molar-refractivity contribution in [1.82, 2.24) is 10.5 Å². The van der Waals surface area contributed by atoms with E-state index in [0.717, 1.165) is 20.9 Å². The van der Waals surface area contributed by atoms with E-state index in [2.05, 4.69) is 10.5 Å². The molecule has 0 spiro atoms. The molecule has 7 heteroatoms. The summed E-state index contributed by atoms with van der Waals surface area (Å²) in [6.45, 7) is 0.368. The molecular formula is C20H16N2O3S2. The van der Waals surface area contributed by atoms with Crippen LogP contribution in [-0.4, -0.2) is 16.2 Å². The molecule has 0 aliphatic heterocycles. The van der Waals surface area contributed by atoms with Crippen LogP contribution in [0, 0.1) is 0 Å². The Morgan fingerprint density at radius 2 is 2.04 bits per heavy atom. The highest BCUT2D eigenvalue weighted by Crippen LogP contribution is 2.29. The van der Waals surface area contributed by atoms with E-state index in [-0.39, 0.29) is 11.6 Å². The van der Waals surface area contributed by atoms with Gasteiger partial charge >= 0.3 is 0 Å². The molecule has 1 unspecified atom stereocenters. The number of amides is 1. The van der Waals surface area contributed by atoms with E-state index in [1.165, 1.54) is 11.3 Å². The van der Waals surface area contributed by atoms with Crippen molar-refractivity contribution in [2.45, 2.75) is 12.6 Å². The van der Waals surface area contributed by atoms with Crippen molar-refractivity contribution >= 4 is 28.6 Å². The number of nitrogens with one attached hydrogen (secondary N) is 1. The summed E-state index contributed by atoms with van der Waals surface area (Å²) in [5.74, 6) is 0.257. The van der Waals surface area contributed by atoms with Gasteiger partial charge in [-0.1, -0.05) is 35.5 Å². The number of carbonyl (C=O) groups excluding carboxylic acids is 1. The molecule has 4 rings (SSSR count). The van der Waals surface area contributed by atoms with E-state index < -0.39 is 6.10 Å². The zero-order chi connectivity index (χ0) is 18.6. The van der Waals surface area contributed by atoms with Gasteiger partial charge in [0.25, 0.3) is 5.91 Å². The standard InChI is InChI=1S/C20H16N2O3S2/c23-19(14-8-9-26-12-14)18-7-6-15(27-18)11-21-20(24)16-10-17(25-22-16)13-4-2-1-3-5-13/h1-10,12,19,23H,11H2,(H,21,24). The summed E-state index contributed by atoms with van der Waals surface area (Å²) in [6.07, 6.45) is -0.630. The highest BCUT2D eigenvalue weighted by Gasteiger charge is 2.16. The first-order chi connectivity index (χ1) is 13.2. The van der Waals surface area contributed by atoms with Crippen LogP contribution in [0.5, 0.6) is 0 Å². The monoisotopic (exact) mass is 396 g/mol. The minimum atomic E-state index is -0.630. The third-order valence-corrected chi connectivity index (χ3v) is 5.87.